The van der Waals surface area contributed by atoms with Crippen LogP contribution >= 0.6 is 36.7 Å². The molecular weight excluding hydrogens is 907 g/mol. The fourth-order valence-electron chi connectivity index (χ4n) is 4.53. The van der Waals surface area contributed by atoms with Crippen LogP contribution in [0.1, 0.15) is 0 Å². The Bertz CT molecular complexity index is 2480. The molecule has 0 aromatic heterocycles. The summed E-state index contributed by atoms with van der Waals surface area (Å²) in [6.07, 6.45) is 0. The Hall–Kier alpha value is -3.84. The van der Waals surface area contributed by atoms with Crippen molar-refractivity contribution >= 4 is 106 Å². The van der Waals surface area contributed by atoms with E-state index in [0.29, 0.717) is 6.07 Å². The topological polar surface area (TPSA) is 362 Å². The Morgan fingerprint density at radius 3 is 1.83 bits per heavy atom. The summed E-state index contributed by atoms with van der Waals surface area (Å²) in [6.45, 7) is -0.865. The molecule has 0 saturated heterocycles. The number of sulfone groups is 2. The Kier molecular flexibility index (Phi) is 17.3. The molecule has 0 fully saturated rings. The van der Waals surface area contributed by atoms with E-state index in [0.717, 1.165) is 18.2 Å². The number of nitrogen functional groups attached to an aromatic ring is 1. The van der Waals surface area contributed by atoms with Crippen molar-refractivity contribution in [2.45, 2.75) is 19.6 Å². The summed E-state index contributed by atoms with van der Waals surface area (Å²) >= 11 is 0.586. The van der Waals surface area contributed by atoms with Crippen molar-refractivity contribution in [2.24, 2.45) is 20.5 Å². The molecule has 25 nitrogen and oxygen atoms in total. The number of azo groups is 2. The molecule has 0 saturated carbocycles. The maximum Gasteiger partial charge on any atom is 0.296 e. The number of aromatic hydroxyl groups is 1. The minimum absolute atomic E-state index is 0.00238. The summed E-state index contributed by atoms with van der Waals surface area (Å²) in [4.78, 5) is -1.94. The van der Waals surface area contributed by atoms with Crippen LogP contribution in [0.3, 0.4) is 0 Å². The fraction of sp³-hybridized carbons (Fsp3) is 0.185. The summed E-state index contributed by atoms with van der Waals surface area (Å²) in [5.41, 5.74) is 5.05. The molecule has 0 radical (unpaired) electrons. The first-order valence-electron chi connectivity index (χ1n) is 14.9. The number of benzene rings is 4. The van der Waals surface area contributed by atoms with Crippen LogP contribution in [0.25, 0.3) is 10.8 Å². The van der Waals surface area contributed by atoms with Gasteiger partial charge in [0.05, 0.1) is 64.2 Å². The summed E-state index contributed by atoms with van der Waals surface area (Å²) in [6, 6.07) is 10.1. The van der Waals surface area contributed by atoms with Gasteiger partial charge in [-0.2, -0.15) is 8.42 Å². The molecule has 31 heteroatoms. The summed E-state index contributed by atoms with van der Waals surface area (Å²) in [7, 11) is -12.1. The van der Waals surface area contributed by atoms with E-state index in [1.54, 1.807) is 0 Å². The Balaban J connectivity index is 1.75. The van der Waals surface area contributed by atoms with Crippen LogP contribution in [0.15, 0.2) is 94.6 Å². The molecule has 0 bridgehead atoms. The number of nitrogens with zero attached hydrogens (tertiary/aromatic N) is 4. The van der Waals surface area contributed by atoms with Crippen molar-refractivity contribution in [1.29, 1.82) is 0 Å². The van der Waals surface area contributed by atoms with Gasteiger partial charge < -0.3 is 15.6 Å². The highest BCUT2D eigenvalue weighted by atomic mass is 32.2. The van der Waals surface area contributed by atoms with Gasteiger partial charge in [0.25, 0.3) is 10.1 Å². The number of fused-ring (bicyclic) bond motifs is 1. The van der Waals surface area contributed by atoms with Crippen molar-refractivity contribution in [3.63, 3.8) is 0 Å². The zero-order chi connectivity index (χ0) is 42.5. The lowest BCUT2D eigenvalue weighted by Crippen LogP contribution is -2.12. The first-order valence-corrected chi connectivity index (χ1v) is 21.7. The zero-order valence-corrected chi connectivity index (χ0v) is 33.6. The molecular formula is C27H27N5O20S6. The van der Waals surface area contributed by atoms with Gasteiger partial charge in [-0.1, -0.05) is 15.1 Å². The maximum atomic E-state index is 12.9. The first-order chi connectivity index (χ1) is 27.6. The van der Waals surface area contributed by atoms with Gasteiger partial charge in [-0.3, -0.25) is 12.9 Å². The molecule has 0 atom stereocenters. The van der Waals surface area contributed by atoms with Crippen LogP contribution in [0.4, 0.5) is 28.4 Å². The van der Waals surface area contributed by atoms with Crippen LogP contribution in [0.5, 0.6) is 11.5 Å². The van der Waals surface area contributed by atoms with Gasteiger partial charge in [-0.05, 0) is 54.6 Å². The van der Waals surface area contributed by atoms with E-state index in [9.17, 15) is 34.9 Å². The van der Waals surface area contributed by atoms with E-state index in [1.807, 2.05) is 0 Å². The Morgan fingerprint density at radius 1 is 0.672 bits per heavy atom. The molecule has 4 aromatic carbocycles. The minimum atomic E-state index is -5.15. The zero-order valence-electron chi connectivity index (χ0n) is 28.7. The third kappa shape index (κ3) is 12.3. The molecule has 0 spiro atoms. The molecule has 316 valence electrons. The highest BCUT2D eigenvalue weighted by Gasteiger charge is 2.24. The van der Waals surface area contributed by atoms with Crippen molar-refractivity contribution in [2.75, 3.05) is 37.6 Å². The van der Waals surface area contributed by atoms with Gasteiger partial charge in [-0.25, -0.2) is 32.6 Å². The highest BCUT2D eigenvalue weighted by molar-refractivity contribution is 7.94. The average molecular weight is 934 g/mol. The predicted octanol–water partition coefficient (Wildman–Crippen LogP) is 6.19. The number of phenolic OH excluding ortho intramolecular Hbond substituents is 1. The van der Waals surface area contributed by atoms with E-state index in [1.165, 1.54) is 37.4 Å². The number of hydrogen-bond acceptors (Lipinski definition) is 27. The molecule has 0 unspecified atom stereocenters. The molecule has 4 rings (SSSR count). The molecule has 0 aliphatic rings. The Morgan fingerprint density at radius 2 is 1.24 bits per heavy atom. The molecule has 0 aliphatic carbocycles. The van der Waals surface area contributed by atoms with Gasteiger partial charge >= 0.3 is 0 Å². The van der Waals surface area contributed by atoms with Gasteiger partial charge in [0, 0.05) is 10.8 Å². The molecule has 7 N–H and O–H groups in total. The lowest BCUT2D eigenvalue weighted by Gasteiger charge is -2.12. The second kappa shape index (κ2) is 21.4. The number of hydrogen-bond donors (Lipinski definition) is 6. The number of phenols is 1. The summed E-state index contributed by atoms with van der Waals surface area (Å²) < 4.78 is 113. The van der Waals surface area contributed by atoms with Gasteiger partial charge in [0.1, 0.15) is 33.4 Å². The van der Waals surface area contributed by atoms with Crippen LogP contribution in [-0.4, -0.2) is 82.5 Å². The Labute approximate surface area is 339 Å². The largest absolute Gasteiger partial charge is 0.505 e. The van der Waals surface area contributed by atoms with Crippen molar-refractivity contribution in [1.82, 2.24) is 0 Å². The van der Waals surface area contributed by atoms with E-state index >= 15 is 0 Å². The van der Waals surface area contributed by atoms with E-state index < -0.39 is 74.8 Å². The van der Waals surface area contributed by atoms with E-state index in [4.69, 9.17) is 34.6 Å². The monoisotopic (exact) mass is 933 g/mol. The van der Waals surface area contributed by atoms with Crippen molar-refractivity contribution in [3.8, 4) is 11.5 Å². The smallest absolute Gasteiger partial charge is 0.296 e. The van der Waals surface area contributed by atoms with Crippen LogP contribution in [0.2, 0.25) is 0 Å². The van der Waals surface area contributed by atoms with E-state index in [-0.39, 0.29) is 86.7 Å². The summed E-state index contributed by atoms with van der Waals surface area (Å²) in [5, 5.41) is 62.9. The van der Waals surface area contributed by atoms with Crippen LogP contribution in [-0.2, 0) is 66.3 Å². The van der Waals surface area contributed by atoms with Crippen LogP contribution in [0, 0.1) is 0 Å². The maximum absolute atomic E-state index is 12.9. The summed E-state index contributed by atoms with van der Waals surface area (Å²) in [5.74, 6) is -1.78. The standard InChI is InChI=1S/C27H27N5O20S6/c1-44-22-7-3-15(56(37,38)10-8-45-54-51-48-35)12-21(22)30-31-25-18-14-23(53-50-47-34)26(27(33)17(18)4-5-19(25)28)32-29-20-6-2-16(13-24(20)58(41,42)43)57(39,40)11-9-46-55-52-49-36/h2-7,12-14,33-36H,8-11,28H2,1H3,(H,41,42,43). The second-order valence-corrected chi connectivity index (χ2v) is 17.8. The predicted molar refractivity (Wildman–Crippen MR) is 199 cm³/mol. The number of rotatable bonds is 23. The van der Waals surface area contributed by atoms with Gasteiger partial charge in [0.2, 0.25) is 0 Å². The third-order valence-electron chi connectivity index (χ3n) is 7.07. The lowest BCUT2D eigenvalue weighted by atomic mass is 10.1. The fourth-order valence-corrected chi connectivity index (χ4v) is 8.59. The van der Waals surface area contributed by atoms with Crippen LogP contribution < -0.4 is 10.5 Å². The average Bonchev–Trinajstić information content (AvgIpc) is 3.18. The van der Waals surface area contributed by atoms with Gasteiger partial charge in [-0.15, -0.1) is 33.5 Å². The lowest BCUT2D eigenvalue weighted by molar-refractivity contribution is -0.434. The number of nitrogens with two attached hydrogens (primary N) is 1. The molecule has 0 amide bonds. The molecule has 58 heavy (non-hydrogen) atoms. The van der Waals surface area contributed by atoms with Gasteiger partial charge in [0.15, 0.2) is 50.1 Å². The quantitative estimate of drug-likeness (QED) is 0.00917. The SMILES string of the molecule is COc1ccc(S(=O)(=O)CCOSOOO)cc1N=Nc1c(N)ccc2c(O)c(N=Nc3ccc(S(=O)(=O)CCOSOOO)cc3S(=O)(=O)O)c(SOOO)cc12. The third-order valence-corrected chi connectivity index (χ3v) is 12.7. The first kappa shape index (κ1) is 46.8. The minimum Gasteiger partial charge on any atom is -0.505 e. The normalized spacial score (nSPS) is 12.6. The molecule has 0 heterocycles. The number of ether oxygens (including phenoxy) is 1. The molecule has 0 aliphatic heterocycles. The van der Waals surface area contributed by atoms with Crippen molar-refractivity contribution in [3.05, 3.63) is 54.6 Å². The second-order valence-electron chi connectivity index (χ2n) is 10.4. The number of anilines is 1. The van der Waals surface area contributed by atoms with Crippen molar-refractivity contribution < 1.29 is 91.9 Å². The van der Waals surface area contributed by atoms with E-state index in [2.05, 4.69) is 48.6 Å². The highest BCUT2D eigenvalue weighted by Crippen LogP contribution is 2.48. The number of methoxy groups -OCH3 is 1. The molecule has 4 aromatic rings.